The normalized spacial score (nSPS) is 29.2. The molecule has 97 heavy (non-hydrogen) atoms. The van der Waals surface area contributed by atoms with Gasteiger partial charge in [0.05, 0.1) is 50.4 Å². The summed E-state index contributed by atoms with van der Waals surface area (Å²) in [6.45, 7) is 9.05. The fourth-order valence-electron chi connectivity index (χ4n) is 13.6. The molecule has 1 aromatic carbocycles. The molecule has 1 saturated carbocycles. The number of carbonyl (C=O) groups excluding carboxylic acids is 5. The number of nitrogens with zero attached hydrogens (tertiary/aromatic N) is 9. The molecule has 7 heterocycles. The summed E-state index contributed by atoms with van der Waals surface area (Å²) in [6.07, 6.45) is 18.5. The van der Waals surface area contributed by atoms with Crippen molar-refractivity contribution in [1.82, 2.24) is 44.6 Å². The van der Waals surface area contributed by atoms with Gasteiger partial charge in [-0.15, -0.1) is 5.10 Å². The Morgan fingerprint density at radius 1 is 0.928 bits per heavy atom. The van der Waals surface area contributed by atoms with Crippen LogP contribution < -0.4 is 16.5 Å². The van der Waals surface area contributed by atoms with Crippen LogP contribution >= 0.6 is 12.9 Å². The molecule has 0 radical (unpaired) electrons. The van der Waals surface area contributed by atoms with Crippen LogP contribution in [0.3, 0.4) is 0 Å². The number of Topliss-reactive ketones (excluding diaryl/α,β-unsaturated/α-hetero) is 3. The lowest BCUT2D eigenvalue weighted by molar-refractivity contribution is -0.265. The Morgan fingerprint density at radius 2 is 1.74 bits per heavy atom. The van der Waals surface area contributed by atoms with Crippen molar-refractivity contribution in [2.45, 2.75) is 211 Å². The van der Waals surface area contributed by atoms with E-state index in [1.807, 2.05) is 68.6 Å². The number of fused-ring (bicyclic) bond motifs is 5. The SMILES string of the molecule is CC[C@@H]1/C=C(\C)[C@@H](O)[C@@H](OC)C(=O)CCC/C=C/C=C/C=C/[C@@H](OC)C[C@@H]2CC[C@@H](C)[C@@](O)(O2)C(=O)C(=O)N2CCCC[C@H]2C(=O)O[C@H]([C@H](C)C[C@@H]2CC[C@@H](OCCOCc3cn(CCCCn4nc(-c5ccc6oc(N)nc6c5)c5c(ON)ncnc54)nn3)[C@H](OS)C2)CC1=O. The number of thiol groups is 1. The van der Waals surface area contributed by atoms with Crippen LogP contribution in [0, 0.1) is 23.7 Å². The van der Waals surface area contributed by atoms with Gasteiger partial charge >= 0.3 is 5.97 Å². The third-order valence-corrected chi connectivity index (χ3v) is 19.5. The first-order chi connectivity index (χ1) is 46.9. The van der Waals surface area contributed by atoms with Crippen molar-refractivity contribution in [1.29, 1.82) is 0 Å². The number of cyclic esters (lactones) is 1. The number of amides is 1. The van der Waals surface area contributed by atoms with Crippen molar-refractivity contribution in [2.24, 2.45) is 29.6 Å². The molecular weight excluding hydrogens is 1270 g/mol. The summed E-state index contributed by atoms with van der Waals surface area (Å²) in [5.74, 6) is -1.99. The Hall–Kier alpha value is -7.12. The molecule has 28 heteroatoms. The van der Waals surface area contributed by atoms with E-state index in [1.165, 1.54) is 18.3 Å². The predicted octanol–water partition coefficient (Wildman–Crippen LogP) is 8.00. The molecule has 9 rings (SSSR count). The highest BCUT2D eigenvalue weighted by atomic mass is 32.1. The van der Waals surface area contributed by atoms with Crippen LogP contribution in [-0.4, -0.2) is 173 Å². The summed E-state index contributed by atoms with van der Waals surface area (Å²) in [5, 5.41) is 37.6. The lowest BCUT2D eigenvalue weighted by Crippen LogP contribution is -2.60. The highest BCUT2D eigenvalue weighted by molar-refractivity contribution is 7.75. The average Bonchev–Trinajstić information content (AvgIpc) is 1.68. The van der Waals surface area contributed by atoms with Gasteiger partial charge in [-0.3, -0.25) is 23.9 Å². The lowest BCUT2D eigenvalue weighted by Gasteiger charge is -2.42. The number of methoxy groups -OCH3 is 2. The maximum absolute atomic E-state index is 14.7. The van der Waals surface area contributed by atoms with E-state index in [0.717, 1.165) is 24.8 Å². The molecule has 528 valence electrons. The molecular formula is C69H95N11O16S. The molecule has 4 aliphatic rings. The maximum atomic E-state index is 14.7. The summed E-state index contributed by atoms with van der Waals surface area (Å²) in [7, 11) is 2.92. The van der Waals surface area contributed by atoms with Gasteiger partial charge in [-0.05, 0) is 145 Å². The molecule has 0 unspecified atom stereocenters. The van der Waals surface area contributed by atoms with Gasteiger partial charge in [-0.2, -0.15) is 21.0 Å². The number of allylic oxidation sites excluding steroid dienone is 6. The minimum atomic E-state index is -2.46. The molecule has 5 aromatic rings. The van der Waals surface area contributed by atoms with Crippen LogP contribution in [0.4, 0.5) is 6.01 Å². The number of nitrogens with two attached hydrogens (primary N) is 2. The number of aliphatic hydroxyl groups excluding tert-OH is 1. The standard InChI is InChI=1S/C69H95N11O16S/c1-7-46-34-43(3)61(83)62(89-6)53(81)21-14-12-10-8-9-11-13-19-49(88-5)37-50-25-22-44(4)69(87,94-50)63(84)66(85)79-29-16-15-20-52(79)67(86)92-57(38-54(46)82)42(2)33-45-23-26-56(58(35-45)96-97)91-32-31-90-40-48-39-78(77-75-48)28-17-18-30-80-64-59(65(95-71)73-41-72-64)60(76-80)47-24-27-55-51(36-47)74-68(70)93-55/h8-11,13,19,24,27,34,36,39,41-42,44-46,49-50,52,56-58,61-62,83,87,97H,7,12,14-18,20-23,25-26,28-33,35,37-38,40,71H2,1-6H3,(H2,70,74)/b10-8+,11-9+,19-13+,43-34+/t42-,44-,45+,46-,49-,50+,52+,56-,57+,58-,61-,62+,69-/m1/s1. The zero-order valence-electron chi connectivity index (χ0n) is 56.4. The summed E-state index contributed by atoms with van der Waals surface area (Å²) in [5.41, 5.74) is 9.82. The fourth-order valence-corrected chi connectivity index (χ4v) is 13.8. The van der Waals surface area contributed by atoms with Crippen molar-refractivity contribution in [3.05, 3.63) is 84.5 Å². The van der Waals surface area contributed by atoms with Gasteiger partial charge in [0.15, 0.2) is 17.0 Å². The second kappa shape index (κ2) is 35.6. The largest absolute Gasteiger partial charge is 0.460 e. The molecule has 13 atom stereocenters. The van der Waals surface area contributed by atoms with Gasteiger partial charge in [0, 0.05) is 70.5 Å². The number of unbranched alkanes of at least 4 members (excludes halogenated alkanes) is 1. The number of ether oxygens (including phenoxy) is 6. The summed E-state index contributed by atoms with van der Waals surface area (Å²) in [4.78, 5) is 91.0. The van der Waals surface area contributed by atoms with Gasteiger partial charge in [-0.25, -0.2) is 14.5 Å². The molecule has 3 aliphatic heterocycles. The Labute approximate surface area is 570 Å². The van der Waals surface area contributed by atoms with Crippen LogP contribution in [0.15, 0.2) is 83.2 Å². The van der Waals surface area contributed by atoms with E-state index in [9.17, 15) is 34.2 Å². The van der Waals surface area contributed by atoms with E-state index in [1.54, 1.807) is 42.5 Å². The summed E-state index contributed by atoms with van der Waals surface area (Å²) in [6, 6.07) is 4.31. The number of aliphatic hydroxyl groups is 2. The van der Waals surface area contributed by atoms with Gasteiger partial charge in [0.1, 0.15) is 58.8 Å². The molecule has 3 fully saturated rings. The number of hydrogen-bond acceptors (Lipinski definition) is 25. The highest BCUT2D eigenvalue weighted by Gasteiger charge is 2.53. The quantitative estimate of drug-likeness (QED) is 0.00936. The van der Waals surface area contributed by atoms with Crippen molar-refractivity contribution < 1.29 is 76.0 Å². The molecule has 2 bridgehead atoms. The lowest BCUT2D eigenvalue weighted by atomic mass is 9.78. The molecule has 2 saturated heterocycles. The number of hydrogen-bond donors (Lipinski definition) is 5. The first-order valence-electron chi connectivity index (χ1n) is 33.9. The Kier molecular flexibility index (Phi) is 27.2. The average molecular weight is 1370 g/mol. The Morgan fingerprint density at radius 3 is 2.53 bits per heavy atom. The highest BCUT2D eigenvalue weighted by Crippen LogP contribution is 2.39. The number of anilines is 1. The van der Waals surface area contributed by atoms with Gasteiger partial charge in [0.25, 0.3) is 23.6 Å². The van der Waals surface area contributed by atoms with Gasteiger partial charge in [0.2, 0.25) is 5.79 Å². The number of piperidine rings is 1. The minimum absolute atomic E-state index is 0.0355. The molecule has 0 spiro atoms. The van der Waals surface area contributed by atoms with Crippen molar-refractivity contribution >= 4 is 70.3 Å². The zero-order chi connectivity index (χ0) is 69.2. The van der Waals surface area contributed by atoms with E-state index >= 15 is 0 Å². The summed E-state index contributed by atoms with van der Waals surface area (Å²) < 4.78 is 50.9. The van der Waals surface area contributed by atoms with Crippen molar-refractivity contribution in [2.75, 3.05) is 39.7 Å². The van der Waals surface area contributed by atoms with Crippen LogP contribution in [0.25, 0.3) is 33.4 Å². The number of rotatable bonds is 20. The smallest absolute Gasteiger partial charge is 0.329 e. The number of esters is 1. The second-order valence-electron chi connectivity index (χ2n) is 26.0. The monoisotopic (exact) mass is 1370 g/mol. The van der Waals surface area contributed by atoms with Crippen molar-refractivity contribution in [3.8, 4) is 17.1 Å². The number of ketones is 3. The first-order valence-corrected chi connectivity index (χ1v) is 34.3. The molecule has 1 aliphatic carbocycles. The predicted molar refractivity (Wildman–Crippen MR) is 359 cm³/mol. The number of benzene rings is 1. The van der Waals surface area contributed by atoms with E-state index in [4.69, 9.17) is 58.6 Å². The fraction of sp³-hybridized carbons (Fsp3) is 0.609. The molecule has 27 nitrogen and oxygen atoms in total. The molecule has 1 amide bonds. The maximum Gasteiger partial charge on any atom is 0.329 e. The van der Waals surface area contributed by atoms with E-state index in [0.29, 0.717) is 123 Å². The number of oxazole rings is 1. The molecule has 4 aromatic heterocycles. The van der Waals surface area contributed by atoms with E-state index in [-0.39, 0.29) is 81.1 Å². The number of carbonyl (C=O) groups is 5. The van der Waals surface area contributed by atoms with Crippen LogP contribution in [-0.2, 0) is 76.3 Å². The van der Waals surface area contributed by atoms with Crippen LogP contribution in [0.1, 0.15) is 143 Å². The van der Waals surface area contributed by atoms with E-state index < -0.39 is 83.9 Å². The first kappa shape index (κ1) is 74.1. The second-order valence-corrected chi connectivity index (χ2v) is 26.2. The number of aryl methyl sites for hydroxylation is 2. The van der Waals surface area contributed by atoms with Gasteiger partial charge < -0.3 is 62.7 Å². The van der Waals surface area contributed by atoms with Crippen molar-refractivity contribution in [3.63, 3.8) is 0 Å². The molecule has 6 N–H and O–H groups in total. The van der Waals surface area contributed by atoms with Gasteiger partial charge in [-0.1, -0.05) is 68.5 Å². The Bertz CT molecular complexity index is 3590. The zero-order valence-corrected chi connectivity index (χ0v) is 57.3. The third kappa shape index (κ3) is 19.0. The van der Waals surface area contributed by atoms with E-state index in [2.05, 4.69) is 38.2 Å². The Balaban J connectivity index is 0.804. The number of nitrogen functional groups attached to an aromatic ring is 1. The van der Waals surface area contributed by atoms with Crippen LogP contribution in [0.5, 0.6) is 5.88 Å². The summed E-state index contributed by atoms with van der Waals surface area (Å²) >= 11 is 4.28. The third-order valence-electron chi connectivity index (χ3n) is 19.2. The topological polar surface area (TPSA) is 355 Å². The van der Waals surface area contributed by atoms with Crippen LogP contribution in [0.2, 0.25) is 0 Å². The minimum Gasteiger partial charge on any atom is -0.460 e. The number of aromatic nitrogens is 8.